The van der Waals surface area contributed by atoms with Crippen LogP contribution < -0.4 is 5.32 Å². The fraction of sp³-hybridized carbons (Fsp3) is 0.400. The summed E-state index contributed by atoms with van der Waals surface area (Å²) in [4.78, 5) is 0. The van der Waals surface area contributed by atoms with E-state index < -0.39 is 0 Å². The van der Waals surface area contributed by atoms with Crippen LogP contribution in [-0.4, -0.2) is 9.97 Å². The van der Waals surface area contributed by atoms with Gasteiger partial charge < -0.3 is 5.32 Å². The molecule has 0 unspecified atom stereocenters. The van der Waals surface area contributed by atoms with Gasteiger partial charge in [-0.2, -0.15) is 0 Å². The normalized spacial score (nSPS) is 27.5. The predicted octanol–water partition coefficient (Wildman–Crippen LogP) is 2.85. The first-order chi connectivity index (χ1) is 5.67. The van der Waals surface area contributed by atoms with Crippen molar-refractivity contribution in [2.75, 3.05) is 11.9 Å². The Balaban J connectivity index is 2.35. The average Bonchev–Trinajstić information content (AvgIpc) is 2.02. The zero-order valence-electron chi connectivity index (χ0n) is 7.10. The molecule has 1 nitrogen and oxygen atoms in total. The molecule has 0 aromatic heterocycles. The number of nitrogens with one attached hydrogen (secondary N) is 1. The molecule has 1 N–H and O–H groups in total. The number of anilines is 1. The third-order valence-corrected chi connectivity index (χ3v) is 2.99. The predicted molar refractivity (Wildman–Crippen MR) is 61.1 cm³/mol. The quantitative estimate of drug-likeness (QED) is 0.566. The van der Waals surface area contributed by atoms with Crippen molar-refractivity contribution in [2.45, 2.75) is 16.8 Å². The van der Waals surface area contributed by atoms with Crippen LogP contribution >= 0.6 is 22.6 Å². The van der Waals surface area contributed by atoms with Crippen LogP contribution in [0.1, 0.15) is 12.5 Å². The SMILES string of the molecule is C[C@@]1(I)CNc2ccccc2C1. The molecule has 2 rings (SSSR count). The van der Waals surface area contributed by atoms with Crippen LogP contribution in [0.3, 0.4) is 0 Å². The molecule has 1 aromatic carbocycles. The lowest BCUT2D eigenvalue weighted by Gasteiger charge is -2.30. The molecule has 0 aliphatic carbocycles. The Hall–Kier alpha value is -0.250. The van der Waals surface area contributed by atoms with E-state index in [0.29, 0.717) is 3.42 Å². The number of rotatable bonds is 0. The van der Waals surface area contributed by atoms with Gasteiger partial charge in [-0.15, -0.1) is 0 Å². The number of hydrogen-bond donors (Lipinski definition) is 1. The summed E-state index contributed by atoms with van der Waals surface area (Å²) in [6, 6.07) is 8.56. The Morgan fingerprint density at radius 3 is 3.00 bits per heavy atom. The third-order valence-electron chi connectivity index (χ3n) is 2.22. The van der Waals surface area contributed by atoms with Gasteiger partial charge in [0.1, 0.15) is 0 Å². The lowest BCUT2D eigenvalue weighted by molar-refractivity contribution is 0.683. The summed E-state index contributed by atoms with van der Waals surface area (Å²) < 4.78 is 0.381. The number of benzene rings is 1. The van der Waals surface area contributed by atoms with E-state index in [2.05, 4.69) is 59.1 Å². The lowest BCUT2D eigenvalue weighted by atomic mass is 9.96. The second-order valence-corrected chi connectivity index (χ2v) is 6.21. The number of fused-ring (bicyclic) bond motifs is 1. The summed E-state index contributed by atoms with van der Waals surface area (Å²) in [6.07, 6.45) is 1.18. The van der Waals surface area contributed by atoms with Crippen LogP contribution in [0, 0.1) is 0 Å². The molecule has 12 heavy (non-hydrogen) atoms. The van der Waals surface area contributed by atoms with E-state index >= 15 is 0 Å². The minimum Gasteiger partial charge on any atom is -0.383 e. The highest BCUT2D eigenvalue weighted by Gasteiger charge is 2.25. The second-order valence-electron chi connectivity index (χ2n) is 3.60. The van der Waals surface area contributed by atoms with Crippen molar-refractivity contribution < 1.29 is 0 Å². The molecule has 0 saturated heterocycles. The van der Waals surface area contributed by atoms with Gasteiger partial charge in [-0.05, 0) is 25.0 Å². The van der Waals surface area contributed by atoms with E-state index in [1.165, 1.54) is 17.7 Å². The average molecular weight is 273 g/mol. The zero-order chi connectivity index (χ0) is 8.60. The van der Waals surface area contributed by atoms with Crippen molar-refractivity contribution in [3.05, 3.63) is 29.8 Å². The van der Waals surface area contributed by atoms with Crippen LogP contribution in [0.4, 0.5) is 5.69 Å². The minimum atomic E-state index is 0.381. The topological polar surface area (TPSA) is 12.0 Å². The lowest BCUT2D eigenvalue weighted by Crippen LogP contribution is -2.33. The molecule has 64 valence electrons. The van der Waals surface area contributed by atoms with Gasteiger partial charge in [-0.25, -0.2) is 0 Å². The van der Waals surface area contributed by atoms with Gasteiger partial charge in [0, 0.05) is 15.7 Å². The summed E-state index contributed by atoms with van der Waals surface area (Å²) in [7, 11) is 0. The maximum atomic E-state index is 3.45. The van der Waals surface area contributed by atoms with Crippen LogP contribution in [0.15, 0.2) is 24.3 Å². The Labute approximate surface area is 86.7 Å². The van der Waals surface area contributed by atoms with E-state index in [-0.39, 0.29) is 0 Å². The molecule has 1 aliphatic heterocycles. The summed E-state index contributed by atoms with van der Waals surface area (Å²) >= 11 is 2.53. The number of halogens is 1. The van der Waals surface area contributed by atoms with Gasteiger partial charge >= 0.3 is 0 Å². The number of alkyl halides is 1. The van der Waals surface area contributed by atoms with E-state index in [1.807, 2.05) is 0 Å². The van der Waals surface area contributed by atoms with Gasteiger partial charge in [0.25, 0.3) is 0 Å². The molecule has 0 bridgehead atoms. The highest BCUT2D eigenvalue weighted by molar-refractivity contribution is 14.1. The highest BCUT2D eigenvalue weighted by atomic mass is 127. The first kappa shape index (κ1) is 8.35. The van der Waals surface area contributed by atoms with Crippen LogP contribution in [-0.2, 0) is 6.42 Å². The molecule has 0 saturated carbocycles. The van der Waals surface area contributed by atoms with Gasteiger partial charge in [0.05, 0.1) is 0 Å². The van der Waals surface area contributed by atoms with Crippen LogP contribution in [0.25, 0.3) is 0 Å². The minimum absolute atomic E-state index is 0.381. The van der Waals surface area contributed by atoms with E-state index in [1.54, 1.807) is 0 Å². The van der Waals surface area contributed by atoms with Crippen molar-refractivity contribution in [2.24, 2.45) is 0 Å². The van der Waals surface area contributed by atoms with Crippen LogP contribution in [0.2, 0.25) is 0 Å². The van der Waals surface area contributed by atoms with Gasteiger partial charge in [-0.3, -0.25) is 0 Å². The monoisotopic (exact) mass is 273 g/mol. The van der Waals surface area contributed by atoms with Gasteiger partial charge in [0.2, 0.25) is 0 Å². The second kappa shape index (κ2) is 2.91. The molecule has 2 heteroatoms. The molecule has 1 atom stereocenters. The summed E-state index contributed by atoms with van der Waals surface area (Å²) in [6.45, 7) is 3.36. The third kappa shape index (κ3) is 1.58. The molecule has 0 spiro atoms. The van der Waals surface area contributed by atoms with E-state index in [4.69, 9.17) is 0 Å². The maximum Gasteiger partial charge on any atom is 0.0407 e. The Morgan fingerprint density at radius 2 is 2.17 bits per heavy atom. The molecule has 1 aromatic rings. The van der Waals surface area contributed by atoms with Gasteiger partial charge in [-0.1, -0.05) is 40.8 Å². The van der Waals surface area contributed by atoms with Crippen molar-refractivity contribution in [3.63, 3.8) is 0 Å². The summed E-state index contributed by atoms with van der Waals surface area (Å²) in [5.41, 5.74) is 2.76. The van der Waals surface area contributed by atoms with Crippen molar-refractivity contribution in [1.82, 2.24) is 0 Å². The van der Waals surface area contributed by atoms with Crippen LogP contribution in [0.5, 0.6) is 0 Å². The Bertz CT molecular complexity index is 294. The standard InChI is InChI=1S/C10H12IN/c1-10(11)6-8-4-2-3-5-9(8)12-7-10/h2-5,12H,6-7H2,1H3/t10-/m0/s1. The Kier molecular flexibility index (Phi) is 2.02. The molecule has 0 amide bonds. The fourth-order valence-electron chi connectivity index (χ4n) is 1.59. The smallest absolute Gasteiger partial charge is 0.0407 e. The number of hydrogen-bond acceptors (Lipinski definition) is 1. The van der Waals surface area contributed by atoms with Gasteiger partial charge in [0.15, 0.2) is 0 Å². The van der Waals surface area contributed by atoms with Crippen molar-refractivity contribution in [3.8, 4) is 0 Å². The molecule has 0 radical (unpaired) electrons. The first-order valence-corrected chi connectivity index (χ1v) is 5.26. The zero-order valence-corrected chi connectivity index (χ0v) is 9.26. The van der Waals surface area contributed by atoms with Crippen molar-refractivity contribution in [1.29, 1.82) is 0 Å². The molecule has 1 heterocycles. The van der Waals surface area contributed by atoms with E-state index in [0.717, 1.165) is 6.54 Å². The molecule has 0 fully saturated rings. The molecular weight excluding hydrogens is 261 g/mol. The largest absolute Gasteiger partial charge is 0.383 e. The summed E-state index contributed by atoms with van der Waals surface area (Å²) in [5.74, 6) is 0. The van der Waals surface area contributed by atoms with E-state index in [9.17, 15) is 0 Å². The number of para-hydroxylation sites is 1. The Morgan fingerprint density at radius 1 is 1.42 bits per heavy atom. The summed E-state index contributed by atoms with van der Waals surface area (Å²) in [5, 5.41) is 3.45. The molecular formula is C10H12IN. The highest BCUT2D eigenvalue weighted by Crippen LogP contribution is 2.32. The van der Waals surface area contributed by atoms with Crippen molar-refractivity contribution >= 4 is 28.3 Å². The fourth-order valence-corrected chi connectivity index (χ4v) is 2.19. The maximum absolute atomic E-state index is 3.45. The molecule has 1 aliphatic rings. The first-order valence-electron chi connectivity index (χ1n) is 4.18.